The number of ether oxygens (including phenoxy) is 2. The van der Waals surface area contributed by atoms with Gasteiger partial charge in [-0.1, -0.05) is 30.3 Å². The Morgan fingerprint density at radius 1 is 1.15 bits per heavy atom. The van der Waals surface area contributed by atoms with E-state index in [2.05, 4.69) is 10.6 Å². The highest BCUT2D eigenvalue weighted by Crippen LogP contribution is 2.35. The normalized spacial score (nSPS) is 24.0. The number of aryl methyl sites for hydroxylation is 1. The Bertz CT molecular complexity index is 802. The zero-order chi connectivity index (χ0) is 23.8. The van der Waals surface area contributed by atoms with E-state index in [4.69, 9.17) is 9.47 Å². The lowest BCUT2D eigenvalue weighted by molar-refractivity contribution is -0.155. The molecule has 0 unspecified atom stereocenters. The minimum Gasteiger partial charge on any atom is -0.465 e. The molecule has 1 aromatic rings. The van der Waals surface area contributed by atoms with E-state index in [-0.39, 0.29) is 43.0 Å². The molecule has 1 amide bonds. The summed E-state index contributed by atoms with van der Waals surface area (Å²) >= 11 is 0. The molecule has 182 valence electrons. The molecule has 0 radical (unpaired) electrons. The molecule has 1 aromatic carbocycles. The molecule has 3 rings (SSSR count). The number of fused-ring (bicyclic) bond motifs is 1. The summed E-state index contributed by atoms with van der Waals surface area (Å²) in [6.45, 7) is 7.40. The minimum absolute atomic E-state index is 0.0460. The zero-order valence-corrected chi connectivity index (χ0v) is 19.9. The van der Waals surface area contributed by atoms with Gasteiger partial charge < -0.3 is 19.7 Å². The van der Waals surface area contributed by atoms with Crippen molar-refractivity contribution in [2.45, 2.75) is 70.6 Å². The van der Waals surface area contributed by atoms with Crippen molar-refractivity contribution in [2.24, 2.45) is 5.92 Å². The number of esters is 2. The Balaban J connectivity index is 1.72. The molecule has 33 heavy (non-hydrogen) atoms. The van der Waals surface area contributed by atoms with Gasteiger partial charge in [0, 0.05) is 12.6 Å². The second kappa shape index (κ2) is 12.1. The van der Waals surface area contributed by atoms with Crippen molar-refractivity contribution in [1.29, 1.82) is 0 Å². The number of amides is 1. The van der Waals surface area contributed by atoms with Gasteiger partial charge in [-0.15, -0.1) is 0 Å². The van der Waals surface area contributed by atoms with Gasteiger partial charge in [0.1, 0.15) is 12.1 Å². The van der Waals surface area contributed by atoms with Crippen molar-refractivity contribution in [3.8, 4) is 0 Å². The number of rotatable bonds is 10. The third-order valence-corrected chi connectivity index (χ3v) is 6.58. The molecule has 2 aliphatic heterocycles. The van der Waals surface area contributed by atoms with Crippen LogP contribution in [0.25, 0.3) is 0 Å². The van der Waals surface area contributed by atoms with Gasteiger partial charge in [-0.05, 0) is 64.5 Å². The van der Waals surface area contributed by atoms with Crippen molar-refractivity contribution < 1.29 is 23.9 Å². The van der Waals surface area contributed by atoms with Crippen LogP contribution in [0.3, 0.4) is 0 Å². The van der Waals surface area contributed by atoms with Crippen LogP contribution in [0.4, 0.5) is 0 Å². The Morgan fingerprint density at radius 3 is 2.58 bits per heavy atom. The van der Waals surface area contributed by atoms with Gasteiger partial charge in [-0.3, -0.25) is 14.9 Å². The first kappa shape index (κ1) is 25.2. The number of carbonyl (C=O) groups excluding carboxylic acids is 3. The number of benzene rings is 1. The van der Waals surface area contributed by atoms with E-state index in [1.54, 1.807) is 25.7 Å². The van der Waals surface area contributed by atoms with Crippen LogP contribution < -0.4 is 10.6 Å². The lowest BCUT2D eigenvalue weighted by Gasteiger charge is -2.36. The van der Waals surface area contributed by atoms with Gasteiger partial charge in [0.05, 0.1) is 19.3 Å². The van der Waals surface area contributed by atoms with E-state index in [0.29, 0.717) is 25.8 Å². The Hall–Kier alpha value is -2.45. The maximum Gasteiger partial charge on any atom is 0.328 e. The predicted octanol–water partition coefficient (Wildman–Crippen LogP) is 1.67. The van der Waals surface area contributed by atoms with Crippen LogP contribution in [0.5, 0.6) is 0 Å². The molecule has 0 spiro atoms. The van der Waals surface area contributed by atoms with Gasteiger partial charge >= 0.3 is 11.9 Å². The summed E-state index contributed by atoms with van der Waals surface area (Å²) in [4.78, 5) is 40.6. The fraction of sp³-hybridized carbons (Fsp3) is 0.640. The van der Waals surface area contributed by atoms with Crippen molar-refractivity contribution in [1.82, 2.24) is 15.5 Å². The molecule has 2 saturated heterocycles. The number of nitrogens with one attached hydrogen (secondary N) is 2. The number of hydrogen-bond acceptors (Lipinski definition) is 7. The lowest BCUT2D eigenvalue weighted by Crippen LogP contribution is -2.58. The first-order chi connectivity index (χ1) is 16.0. The quantitative estimate of drug-likeness (QED) is 0.514. The van der Waals surface area contributed by atoms with E-state index in [9.17, 15) is 14.4 Å². The minimum atomic E-state index is -0.646. The van der Waals surface area contributed by atoms with Crippen molar-refractivity contribution in [3.05, 3.63) is 35.9 Å². The number of carbonyl (C=O) groups is 3. The summed E-state index contributed by atoms with van der Waals surface area (Å²) in [5, 5.41) is 6.54. The molecular weight excluding hydrogens is 422 g/mol. The molecule has 2 fully saturated rings. The topological polar surface area (TPSA) is 97.0 Å². The van der Waals surface area contributed by atoms with E-state index < -0.39 is 18.1 Å². The van der Waals surface area contributed by atoms with Crippen LogP contribution in [0, 0.1) is 5.92 Å². The molecule has 2 N–H and O–H groups in total. The average Bonchev–Trinajstić information content (AvgIpc) is 3.21. The van der Waals surface area contributed by atoms with Gasteiger partial charge in [0.15, 0.2) is 0 Å². The molecule has 0 saturated carbocycles. The third-order valence-electron chi connectivity index (χ3n) is 6.58. The molecule has 0 aliphatic carbocycles. The largest absolute Gasteiger partial charge is 0.465 e. The fourth-order valence-corrected chi connectivity index (χ4v) is 4.96. The van der Waals surface area contributed by atoms with Crippen LogP contribution in [0.1, 0.15) is 45.6 Å². The Morgan fingerprint density at radius 2 is 1.88 bits per heavy atom. The van der Waals surface area contributed by atoms with Crippen LogP contribution in [0.2, 0.25) is 0 Å². The smallest absolute Gasteiger partial charge is 0.328 e. The van der Waals surface area contributed by atoms with E-state index >= 15 is 0 Å². The number of nitrogens with zero attached hydrogens (tertiary/aromatic N) is 1. The van der Waals surface area contributed by atoms with E-state index in [1.165, 1.54) is 0 Å². The Labute approximate surface area is 196 Å². The van der Waals surface area contributed by atoms with Gasteiger partial charge in [0.25, 0.3) is 0 Å². The zero-order valence-electron chi connectivity index (χ0n) is 19.9. The predicted molar refractivity (Wildman–Crippen MR) is 124 cm³/mol. The van der Waals surface area contributed by atoms with Crippen LogP contribution in [-0.2, 0) is 30.3 Å². The summed E-state index contributed by atoms with van der Waals surface area (Å²) in [7, 11) is 0. The molecule has 2 aliphatic rings. The standard InChI is InChI=1S/C25H37N3O5/c1-4-32-24(30)20(12-11-18-9-7-6-8-10-18)27-17(3)23(29)28-21(25(31)33-5-2)15-19-13-14-26-16-22(19)28/h6-10,17,19-22,26-27H,4-5,11-16H2,1-3H3/t17-,19+,20+,21+,22-/m1/s1. The second-order valence-corrected chi connectivity index (χ2v) is 8.79. The molecule has 8 heteroatoms. The molecule has 0 bridgehead atoms. The van der Waals surface area contributed by atoms with Crippen LogP contribution >= 0.6 is 0 Å². The molecule has 2 heterocycles. The first-order valence-electron chi connectivity index (χ1n) is 12.1. The average molecular weight is 460 g/mol. The summed E-state index contributed by atoms with van der Waals surface area (Å²) in [6, 6.07) is 8.02. The molecule has 8 nitrogen and oxygen atoms in total. The maximum atomic E-state index is 13.6. The van der Waals surface area contributed by atoms with Crippen LogP contribution in [0.15, 0.2) is 30.3 Å². The Kier molecular flexibility index (Phi) is 9.26. The van der Waals surface area contributed by atoms with Crippen molar-refractivity contribution in [2.75, 3.05) is 26.3 Å². The number of likely N-dealkylation sites (tertiary alicyclic amines) is 1. The second-order valence-electron chi connectivity index (χ2n) is 8.79. The summed E-state index contributed by atoms with van der Waals surface area (Å²) in [5.41, 5.74) is 1.12. The number of hydrogen-bond donors (Lipinski definition) is 2. The number of piperidine rings is 1. The van der Waals surface area contributed by atoms with Gasteiger partial charge in [-0.2, -0.15) is 0 Å². The summed E-state index contributed by atoms with van der Waals surface area (Å²) in [5.74, 6) is -0.624. The molecule has 5 atom stereocenters. The SMILES string of the molecule is CCOC(=O)[C@H](CCc1ccccc1)N[C@H](C)C(=O)N1[C@@H]2CNCC[C@H]2C[C@H]1C(=O)OCC. The first-order valence-corrected chi connectivity index (χ1v) is 12.1. The lowest BCUT2D eigenvalue weighted by atomic mass is 9.92. The third kappa shape index (κ3) is 6.32. The highest BCUT2D eigenvalue weighted by atomic mass is 16.5. The highest BCUT2D eigenvalue weighted by molar-refractivity contribution is 5.89. The monoisotopic (exact) mass is 459 g/mol. The summed E-state index contributed by atoms with van der Waals surface area (Å²) < 4.78 is 10.5. The fourth-order valence-electron chi connectivity index (χ4n) is 4.96. The maximum absolute atomic E-state index is 13.6. The molecule has 0 aromatic heterocycles. The van der Waals surface area contributed by atoms with Gasteiger partial charge in [-0.25, -0.2) is 4.79 Å². The van der Waals surface area contributed by atoms with E-state index in [0.717, 1.165) is 18.5 Å². The highest BCUT2D eigenvalue weighted by Gasteiger charge is 2.49. The van der Waals surface area contributed by atoms with E-state index in [1.807, 2.05) is 30.3 Å². The summed E-state index contributed by atoms with van der Waals surface area (Å²) in [6.07, 6.45) is 2.74. The van der Waals surface area contributed by atoms with Crippen molar-refractivity contribution in [3.63, 3.8) is 0 Å². The molecular formula is C25H37N3O5. The van der Waals surface area contributed by atoms with Crippen molar-refractivity contribution >= 4 is 17.8 Å². The van der Waals surface area contributed by atoms with Gasteiger partial charge in [0.2, 0.25) is 5.91 Å². The van der Waals surface area contributed by atoms with Crippen LogP contribution in [-0.4, -0.2) is 73.2 Å².